The highest BCUT2D eigenvalue weighted by molar-refractivity contribution is 5.84. The molecule has 2 rings (SSSR count). The van der Waals surface area contributed by atoms with Gasteiger partial charge >= 0.3 is 0 Å². The summed E-state index contributed by atoms with van der Waals surface area (Å²) in [6.45, 7) is 8.64. The predicted molar refractivity (Wildman–Crippen MR) is 86.8 cm³/mol. The van der Waals surface area contributed by atoms with Crippen LogP contribution < -0.4 is 5.32 Å². The Morgan fingerprint density at radius 3 is 2.43 bits per heavy atom. The summed E-state index contributed by atoms with van der Waals surface area (Å²) >= 11 is 0. The molecule has 3 nitrogen and oxygen atoms in total. The maximum atomic E-state index is 12.5. The molecule has 0 saturated carbocycles. The van der Waals surface area contributed by atoms with Crippen LogP contribution in [0.3, 0.4) is 0 Å². The fraction of sp³-hybridized carbons (Fsp3) is 0.611. The third kappa shape index (κ3) is 3.85. The van der Waals surface area contributed by atoms with Gasteiger partial charge in [-0.1, -0.05) is 57.0 Å². The molecule has 1 aromatic rings. The summed E-state index contributed by atoms with van der Waals surface area (Å²) < 4.78 is 0. The fourth-order valence-corrected chi connectivity index (χ4v) is 3.06. The Bertz CT molecular complexity index is 458. The Kier molecular flexibility index (Phi) is 5.40. The van der Waals surface area contributed by atoms with Gasteiger partial charge in [-0.25, -0.2) is 0 Å². The molecule has 3 heteroatoms. The van der Waals surface area contributed by atoms with Crippen LogP contribution in [-0.4, -0.2) is 22.9 Å². The van der Waals surface area contributed by atoms with E-state index in [1.54, 1.807) is 0 Å². The maximum absolute atomic E-state index is 12.5. The van der Waals surface area contributed by atoms with Crippen LogP contribution in [0.2, 0.25) is 0 Å². The summed E-state index contributed by atoms with van der Waals surface area (Å²) in [4.78, 5) is 14.5. The third-order valence-electron chi connectivity index (χ3n) is 4.30. The highest BCUT2D eigenvalue weighted by Crippen LogP contribution is 2.29. The molecule has 1 aromatic carbocycles. The van der Waals surface area contributed by atoms with E-state index in [1.807, 2.05) is 30.0 Å². The molecule has 0 aliphatic carbocycles. The van der Waals surface area contributed by atoms with Gasteiger partial charge in [0, 0.05) is 6.04 Å². The second-order valence-electron chi connectivity index (χ2n) is 6.62. The molecular formula is C18H28N2O. The molecule has 3 unspecified atom stereocenters. The second kappa shape index (κ2) is 7.08. The fourth-order valence-electron chi connectivity index (χ4n) is 3.06. The largest absolute Gasteiger partial charge is 0.319 e. The van der Waals surface area contributed by atoms with Gasteiger partial charge in [-0.2, -0.15) is 0 Å². The van der Waals surface area contributed by atoms with E-state index in [0.717, 1.165) is 12.3 Å². The van der Waals surface area contributed by atoms with E-state index in [1.165, 1.54) is 18.4 Å². The standard InChI is InChI=1S/C18H28N2O/c1-13(2)9-8-10-14(3)20-17(19-15(4)18(20)21)16-11-6-5-7-12-16/h5-7,11-15,17,19H,8-10H2,1-4H3. The number of hydrogen-bond acceptors (Lipinski definition) is 2. The zero-order valence-corrected chi connectivity index (χ0v) is 13.7. The van der Waals surface area contributed by atoms with Crippen LogP contribution in [0.5, 0.6) is 0 Å². The molecule has 0 aromatic heterocycles. The lowest BCUT2D eigenvalue weighted by Gasteiger charge is -2.31. The van der Waals surface area contributed by atoms with Crippen molar-refractivity contribution >= 4 is 5.91 Å². The van der Waals surface area contributed by atoms with Crippen molar-refractivity contribution in [1.82, 2.24) is 10.2 Å². The minimum atomic E-state index is -0.0947. The Balaban J connectivity index is 2.08. The van der Waals surface area contributed by atoms with Gasteiger partial charge < -0.3 is 4.90 Å². The first-order chi connectivity index (χ1) is 10.0. The molecule has 3 atom stereocenters. The molecule has 1 N–H and O–H groups in total. The smallest absolute Gasteiger partial charge is 0.241 e. The molecule has 116 valence electrons. The summed E-state index contributed by atoms with van der Waals surface area (Å²) in [6.07, 6.45) is 3.49. The van der Waals surface area contributed by atoms with Crippen molar-refractivity contribution in [3.05, 3.63) is 35.9 Å². The number of benzene rings is 1. The lowest BCUT2D eigenvalue weighted by molar-refractivity contribution is -0.131. The van der Waals surface area contributed by atoms with E-state index in [4.69, 9.17) is 0 Å². The van der Waals surface area contributed by atoms with Crippen LogP contribution in [0.25, 0.3) is 0 Å². The van der Waals surface area contributed by atoms with Crippen molar-refractivity contribution in [2.24, 2.45) is 5.92 Å². The number of carbonyl (C=O) groups is 1. The Labute approximate surface area is 128 Å². The van der Waals surface area contributed by atoms with Gasteiger partial charge in [0.05, 0.1) is 6.04 Å². The van der Waals surface area contributed by atoms with Gasteiger partial charge in [-0.3, -0.25) is 10.1 Å². The third-order valence-corrected chi connectivity index (χ3v) is 4.30. The van der Waals surface area contributed by atoms with Gasteiger partial charge in [-0.05, 0) is 31.7 Å². The minimum absolute atomic E-state index is 0.0164. The topological polar surface area (TPSA) is 32.3 Å². The molecule has 0 radical (unpaired) electrons. The van der Waals surface area contributed by atoms with E-state index < -0.39 is 0 Å². The van der Waals surface area contributed by atoms with Gasteiger partial charge in [0.15, 0.2) is 0 Å². The first-order valence-corrected chi connectivity index (χ1v) is 8.14. The van der Waals surface area contributed by atoms with Crippen molar-refractivity contribution in [2.75, 3.05) is 0 Å². The van der Waals surface area contributed by atoms with Crippen LogP contribution in [0.4, 0.5) is 0 Å². The van der Waals surface area contributed by atoms with E-state index in [-0.39, 0.29) is 24.2 Å². The summed E-state index contributed by atoms with van der Waals surface area (Å²) in [6, 6.07) is 10.5. The van der Waals surface area contributed by atoms with Gasteiger partial charge in [-0.15, -0.1) is 0 Å². The zero-order chi connectivity index (χ0) is 15.4. The van der Waals surface area contributed by atoms with E-state index in [2.05, 4.69) is 38.2 Å². The summed E-state index contributed by atoms with van der Waals surface area (Å²) in [5.41, 5.74) is 1.17. The van der Waals surface area contributed by atoms with E-state index in [0.29, 0.717) is 0 Å². The maximum Gasteiger partial charge on any atom is 0.241 e. The number of hydrogen-bond donors (Lipinski definition) is 1. The van der Waals surface area contributed by atoms with Crippen molar-refractivity contribution in [1.29, 1.82) is 0 Å². The molecule has 1 saturated heterocycles. The average Bonchev–Trinajstić information content (AvgIpc) is 2.75. The molecular weight excluding hydrogens is 260 g/mol. The molecule has 0 bridgehead atoms. The average molecular weight is 288 g/mol. The number of nitrogens with zero attached hydrogens (tertiary/aromatic N) is 1. The molecule has 21 heavy (non-hydrogen) atoms. The van der Waals surface area contributed by atoms with Crippen molar-refractivity contribution < 1.29 is 4.79 Å². The van der Waals surface area contributed by atoms with Gasteiger partial charge in [0.25, 0.3) is 0 Å². The summed E-state index contributed by atoms with van der Waals surface area (Å²) in [7, 11) is 0. The van der Waals surface area contributed by atoms with Crippen LogP contribution in [0.1, 0.15) is 58.7 Å². The van der Waals surface area contributed by atoms with Crippen molar-refractivity contribution in [3.8, 4) is 0 Å². The second-order valence-corrected chi connectivity index (χ2v) is 6.62. The van der Waals surface area contributed by atoms with E-state index in [9.17, 15) is 4.79 Å². The molecule has 1 aliphatic rings. The Hall–Kier alpha value is -1.35. The van der Waals surface area contributed by atoms with Crippen molar-refractivity contribution in [3.63, 3.8) is 0 Å². The lowest BCUT2D eigenvalue weighted by atomic mass is 10.0. The molecule has 0 spiro atoms. The summed E-state index contributed by atoms with van der Waals surface area (Å²) in [5.74, 6) is 0.953. The van der Waals surface area contributed by atoms with Crippen LogP contribution in [0, 0.1) is 5.92 Å². The quantitative estimate of drug-likeness (QED) is 0.865. The SMILES string of the molecule is CC(C)CCCC(C)N1C(=O)C(C)NC1c1ccccc1. The lowest BCUT2D eigenvalue weighted by Crippen LogP contribution is -2.38. The molecule has 1 fully saturated rings. The number of nitrogens with one attached hydrogen (secondary N) is 1. The number of rotatable bonds is 6. The van der Waals surface area contributed by atoms with Crippen molar-refractivity contribution in [2.45, 2.75) is 65.2 Å². The number of amides is 1. The highest BCUT2D eigenvalue weighted by atomic mass is 16.2. The Morgan fingerprint density at radius 2 is 1.81 bits per heavy atom. The Morgan fingerprint density at radius 1 is 1.14 bits per heavy atom. The predicted octanol–water partition coefficient (Wildman–Crippen LogP) is 3.72. The van der Waals surface area contributed by atoms with E-state index >= 15 is 0 Å². The summed E-state index contributed by atoms with van der Waals surface area (Å²) in [5, 5.41) is 3.43. The van der Waals surface area contributed by atoms with Gasteiger partial charge in [0.2, 0.25) is 5.91 Å². The minimum Gasteiger partial charge on any atom is -0.319 e. The molecule has 1 aliphatic heterocycles. The van der Waals surface area contributed by atoms with Gasteiger partial charge in [0.1, 0.15) is 6.17 Å². The first-order valence-electron chi connectivity index (χ1n) is 8.14. The first kappa shape index (κ1) is 16.0. The normalized spacial score (nSPS) is 23.9. The zero-order valence-electron chi connectivity index (χ0n) is 13.7. The number of carbonyl (C=O) groups excluding carboxylic acids is 1. The molecule has 1 heterocycles. The highest BCUT2D eigenvalue weighted by Gasteiger charge is 2.39. The van der Waals surface area contributed by atoms with Crippen LogP contribution >= 0.6 is 0 Å². The molecule has 1 amide bonds. The van der Waals surface area contributed by atoms with Crippen LogP contribution in [-0.2, 0) is 4.79 Å². The van der Waals surface area contributed by atoms with Crippen LogP contribution in [0.15, 0.2) is 30.3 Å². The monoisotopic (exact) mass is 288 g/mol.